The van der Waals surface area contributed by atoms with E-state index in [1.54, 1.807) is 6.92 Å². The lowest BCUT2D eigenvalue weighted by molar-refractivity contribution is -0.146. The normalized spacial score (nSPS) is 16.9. The maximum absolute atomic E-state index is 11.8. The number of hydrogen-bond acceptors (Lipinski definition) is 4. The Bertz CT molecular complexity index is 353. The summed E-state index contributed by atoms with van der Waals surface area (Å²) in [5.41, 5.74) is 1.69. The second-order valence-electron chi connectivity index (χ2n) is 4.54. The Morgan fingerprint density at radius 3 is 2.76 bits per heavy atom. The summed E-state index contributed by atoms with van der Waals surface area (Å²) in [6, 6.07) is 1.84. The van der Waals surface area contributed by atoms with E-state index in [0.29, 0.717) is 6.61 Å². The zero-order chi connectivity index (χ0) is 12.8. The average molecular weight is 236 g/mol. The number of carbonyl (C=O) groups excluding carboxylic acids is 1. The summed E-state index contributed by atoms with van der Waals surface area (Å²) in [4.78, 5) is 11.8. The quantitative estimate of drug-likeness (QED) is 0.743. The molecule has 1 rings (SSSR count). The Labute approximate surface area is 103 Å². The molecule has 1 N–H and O–H groups in total. The molecule has 0 unspecified atom stereocenters. The van der Waals surface area contributed by atoms with E-state index in [0.717, 1.165) is 30.5 Å². The highest BCUT2D eigenvalue weighted by Gasteiger charge is 2.26. The van der Waals surface area contributed by atoms with Gasteiger partial charge in [-0.15, -0.1) is 0 Å². The van der Waals surface area contributed by atoms with Crippen LogP contribution in [0.1, 0.15) is 40.0 Å². The number of carbonyl (C=O) groups is 1. The molecule has 0 aromatic carbocycles. The van der Waals surface area contributed by atoms with Crippen molar-refractivity contribution in [2.45, 2.75) is 46.1 Å². The summed E-state index contributed by atoms with van der Waals surface area (Å²) < 4.78 is 5.04. The van der Waals surface area contributed by atoms with Crippen LogP contribution < -0.4 is 5.32 Å². The molecule has 0 aromatic heterocycles. The van der Waals surface area contributed by atoms with Crippen molar-refractivity contribution in [1.82, 2.24) is 5.32 Å². The molecule has 0 spiro atoms. The Morgan fingerprint density at radius 1 is 1.53 bits per heavy atom. The number of hydrogen-bond donors (Lipinski definition) is 1. The second-order valence-corrected chi connectivity index (χ2v) is 4.54. The van der Waals surface area contributed by atoms with Gasteiger partial charge in [0.05, 0.1) is 12.7 Å². The zero-order valence-electron chi connectivity index (χ0n) is 10.7. The molecule has 0 amide bonds. The number of nitriles is 1. The monoisotopic (exact) mass is 236 g/mol. The molecule has 1 aliphatic carbocycles. The van der Waals surface area contributed by atoms with Gasteiger partial charge in [0, 0.05) is 11.3 Å². The highest BCUT2D eigenvalue weighted by atomic mass is 16.5. The van der Waals surface area contributed by atoms with Gasteiger partial charge in [0.15, 0.2) is 0 Å². The Hall–Kier alpha value is -1.50. The SMILES string of the molecule is CCOC(=O)[C@@H](NC1=C(C#N)CCC1)C(C)C. The topological polar surface area (TPSA) is 62.1 Å². The van der Waals surface area contributed by atoms with Crippen LogP contribution in [0.15, 0.2) is 11.3 Å². The summed E-state index contributed by atoms with van der Waals surface area (Å²) in [6.07, 6.45) is 2.65. The molecule has 17 heavy (non-hydrogen) atoms. The minimum Gasteiger partial charge on any atom is -0.464 e. The predicted octanol–water partition coefficient (Wildman–Crippen LogP) is 2.13. The first-order chi connectivity index (χ1) is 8.10. The fourth-order valence-electron chi connectivity index (χ4n) is 1.94. The molecule has 94 valence electrons. The molecule has 4 nitrogen and oxygen atoms in total. The van der Waals surface area contributed by atoms with Gasteiger partial charge in [-0.05, 0) is 32.1 Å². The van der Waals surface area contributed by atoms with E-state index >= 15 is 0 Å². The van der Waals surface area contributed by atoms with E-state index in [2.05, 4.69) is 11.4 Å². The van der Waals surface area contributed by atoms with Gasteiger partial charge in [-0.3, -0.25) is 0 Å². The van der Waals surface area contributed by atoms with E-state index in [9.17, 15) is 4.79 Å². The number of rotatable bonds is 5. The summed E-state index contributed by atoms with van der Waals surface area (Å²) in [5.74, 6) is -0.0960. The molecular weight excluding hydrogens is 216 g/mol. The first-order valence-corrected chi connectivity index (χ1v) is 6.15. The van der Waals surface area contributed by atoms with Crippen molar-refractivity contribution < 1.29 is 9.53 Å². The lowest BCUT2D eigenvalue weighted by Gasteiger charge is -2.22. The van der Waals surface area contributed by atoms with Gasteiger partial charge in [0.1, 0.15) is 6.04 Å². The lowest BCUT2D eigenvalue weighted by atomic mass is 10.0. The van der Waals surface area contributed by atoms with Crippen molar-refractivity contribution in [3.8, 4) is 6.07 Å². The van der Waals surface area contributed by atoms with Crippen LogP contribution in [0.5, 0.6) is 0 Å². The molecule has 0 saturated carbocycles. The second kappa shape index (κ2) is 6.29. The summed E-state index contributed by atoms with van der Waals surface area (Å²) in [6.45, 7) is 6.12. The Kier molecular flexibility index (Phi) is 5.02. The molecule has 1 atom stereocenters. The van der Waals surface area contributed by atoms with Crippen molar-refractivity contribution in [2.75, 3.05) is 6.61 Å². The minimum atomic E-state index is -0.355. The Morgan fingerprint density at radius 2 is 2.24 bits per heavy atom. The molecule has 0 aromatic rings. The van der Waals surface area contributed by atoms with Crippen molar-refractivity contribution in [3.05, 3.63) is 11.3 Å². The van der Waals surface area contributed by atoms with Crippen LogP contribution in [-0.4, -0.2) is 18.6 Å². The van der Waals surface area contributed by atoms with E-state index in [4.69, 9.17) is 10.00 Å². The van der Waals surface area contributed by atoms with Crippen molar-refractivity contribution in [2.24, 2.45) is 5.92 Å². The van der Waals surface area contributed by atoms with Crippen molar-refractivity contribution in [1.29, 1.82) is 5.26 Å². The molecule has 0 heterocycles. The third-order valence-corrected chi connectivity index (χ3v) is 2.89. The van der Waals surface area contributed by atoms with Crippen LogP contribution in [0.4, 0.5) is 0 Å². The molecule has 0 radical (unpaired) electrons. The van der Waals surface area contributed by atoms with Crippen molar-refractivity contribution >= 4 is 5.97 Å². The molecule has 0 saturated heterocycles. The molecular formula is C13H20N2O2. The number of nitrogens with zero attached hydrogens (tertiary/aromatic N) is 1. The maximum atomic E-state index is 11.8. The number of nitrogens with one attached hydrogen (secondary N) is 1. The highest BCUT2D eigenvalue weighted by Crippen LogP contribution is 2.24. The smallest absolute Gasteiger partial charge is 0.328 e. The van der Waals surface area contributed by atoms with Gasteiger partial charge in [0.2, 0.25) is 0 Å². The average Bonchev–Trinajstić information content (AvgIpc) is 2.72. The van der Waals surface area contributed by atoms with Gasteiger partial charge in [-0.1, -0.05) is 13.8 Å². The predicted molar refractivity (Wildman–Crippen MR) is 64.9 cm³/mol. The zero-order valence-corrected chi connectivity index (χ0v) is 10.7. The third-order valence-electron chi connectivity index (χ3n) is 2.89. The third kappa shape index (κ3) is 3.48. The van der Waals surface area contributed by atoms with Crippen LogP contribution in [0.2, 0.25) is 0 Å². The fourth-order valence-corrected chi connectivity index (χ4v) is 1.94. The van der Waals surface area contributed by atoms with E-state index in [1.165, 1.54) is 0 Å². The number of allylic oxidation sites excluding steroid dienone is 2. The van der Waals surface area contributed by atoms with Crippen LogP contribution in [0, 0.1) is 17.2 Å². The van der Waals surface area contributed by atoms with Gasteiger partial charge in [-0.25, -0.2) is 4.79 Å². The van der Waals surface area contributed by atoms with E-state index in [-0.39, 0.29) is 17.9 Å². The van der Waals surface area contributed by atoms with Crippen LogP contribution in [0.3, 0.4) is 0 Å². The Balaban J connectivity index is 2.74. The standard InChI is InChI=1S/C13H20N2O2/c1-4-17-13(16)12(9(2)3)15-11-7-5-6-10(11)8-14/h9,12,15H,4-7H2,1-3H3/t12-/m0/s1. The first-order valence-electron chi connectivity index (χ1n) is 6.15. The molecule has 0 fully saturated rings. The van der Waals surface area contributed by atoms with Crippen LogP contribution in [0.25, 0.3) is 0 Å². The van der Waals surface area contributed by atoms with E-state index < -0.39 is 0 Å². The van der Waals surface area contributed by atoms with Gasteiger partial charge in [-0.2, -0.15) is 5.26 Å². The fraction of sp³-hybridized carbons (Fsp3) is 0.692. The van der Waals surface area contributed by atoms with Gasteiger partial charge < -0.3 is 10.1 Å². The first kappa shape index (κ1) is 13.6. The molecule has 0 bridgehead atoms. The largest absolute Gasteiger partial charge is 0.464 e. The minimum absolute atomic E-state index is 0.141. The molecule has 4 heteroatoms. The van der Waals surface area contributed by atoms with Gasteiger partial charge >= 0.3 is 5.97 Å². The highest BCUT2D eigenvalue weighted by molar-refractivity contribution is 5.76. The maximum Gasteiger partial charge on any atom is 0.328 e. The molecule has 0 aliphatic heterocycles. The number of ether oxygens (including phenoxy) is 1. The van der Waals surface area contributed by atoms with Crippen LogP contribution in [-0.2, 0) is 9.53 Å². The summed E-state index contributed by atoms with van der Waals surface area (Å²) in [7, 11) is 0. The summed E-state index contributed by atoms with van der Waals surface area (Å²) in [5, 5.41) is 12.1. The van der Waals surface area contributed by atoms with Crippen LogP contribution >= 0.6 is 0 Å². The van der Waals surface area contributed by atoms with Gasteiger partial charge in [0.25, 0.3) is 0 Å². The van der Waals surface area contributed by atoms with Crippen molar-refractivity contribution in [3.63, 3.8) is 0 Å². The molecule has 1 aliphatic rings. The number of esters is 1. The lowest BCUT2D eigenvalue weighted by Crippen LogP contribution is -2.41. The summed E-state index contributed by atoms with van der Waals surface area (Å²) >= 11 is 0. The van der Waals surface area contributed by atoms with E-state index in [1.807, 2.05) is 13.8 Å².